The third kappa shape index (κ3) is 3.76. The second-order valence-electron chi connectivity index (χ2n) is 7.67. The molecule has 1 aliphatic rings. The van der Waals surface area contributed by atoms with E-state index in [0.29, 0.717) is 39.9 Å². The highest BCUT2D eigenvalue weighted by molar-refractivity contribution is 6.32. The van der Waals surface area contributed by atoms with Gasteiger partial charge in [-0.3, -0.25) is 9.59 Å². The van der Waals surface area contributed by atoms with E-state index >= 15 is 0 Å². The van der Waals surface area contributed by atoms with E-state index in [9.17, 15) is 9.59 Å². The molecule has 1 aliphatic heterocycles. The van der Waals surface area contributed by atoms with Crippen molar-refractivity contribution < 1.29 is 19.1 Å². The van der Waals surface area contributed by atoms with Crippen molar-refractivity contribution in [2.45, 2.75) is 6.54 Å². The molecule has 0 saturated carbocycles. The van der Waals surface area contributed by atoms with E-state index < -0.39 is 0 Å². The van der Waals surface area contributed by atoms with Crippen LogP contribution in [-0.4, -0.2) is 31.0 Å². The second kappa shape index (κ2) is 8.18. The number of fused-ring (bicyclic) bond motifs is 2. The average Bonchev–Trinajstić information content (AvgIpc) is 3.43. The fourth-order valence-corrected chi connectivity index (χ4v) is 4.26. The number of aromatic amines is 1. The van der Waals surface area contributed by atoms with Gasteiger partial charge in [-0.15, -0.1) is 0 Å². The van der Waals surface area contributed by atoms with Crippen molar-refractivity contribution in [3.05, 3.63) is 76.3 Å². The molecule has 3 N–H and O–H groups in total. The maximum absolute atomic E-state index is 12.9. The summed E-state index contributed by atoms with van der Waals surface area (Å²) in [5, 5.41) is 7.12. The minimum Gasteiger partial charge on any atom is -0.497 e. The predicted octanol–water partition coefficient (Wildman–Crippen LogP) is 5.00. The minimum absolute atomic E-state index is 0.144. The first-order chi connectivity index (χ1) is 16.0. The third-order valence-corrected chi connectivity index (χ3v) is 6.05. The number of carbonyl (C=O) groups is 2. The number of aromatic nitrogens is 1. The zero-order chi connectivity index (χ0) is 23.1. The number of carbonyl (C=O) groups excluding carboxylic acids is 2. The van der Waals surface area contributed by atoms with Gasteiger partial charge in [-0.05, 0) is 30.3 Å². The standard InChI is InChI=1S/C25H20ClN3O4/c1-32-16-9-15(10-17(11-16)33-2)28-24(30)13-3-6-21-14(7-13)8-22(29-21)18-4-5-20(26)19-12-27-25(31)23(18)19/h3-11,29H,12H2,1-2H3,(H,27,31)(H,28,30). The number of halogens is 1. The summed E-state index contributed by atoms with van der Waals surface area (Å²) in [6.45, 7) is 0.417. The lowest BCUT2D eigenvalue weighted by Gasteiger charge is -2.10. The maximum Gasteiger partial charge on any atom is 0.255 e. The van der Waals surface area contributed by atoms with Gasteiger partial charge in [-0.1, -0.05) is 17.7 Å². The van der Waals surface area contributed by atoms with Crippen molar-refractivity contribution in [3.8, 4) is 22.8 Å². The smallest absolute Gasteiger partial charge is 0.255 e. The number of nitrogens with one attached hydrogen (secondary N) is 3. The lowest BCUT2D eigenvalue weighted by Crippen LogP contribution is -2.13. The highest BCUT2D eigenvalue weighted by Gasteiger charge is 2.26. The molecule has 2 heterocycles. The fraction of sp³-hybridized carbons (Fsp3) is 0.120. The number of rotatable bonds is 5. The summed E-state index contributed by atoms with van der Waals surface area (Å²) in [6, 6.07) is 16.1. The molecule has 33 heavy (non-hydrogen) atoms. The second-order valence-corrected chi connectivity index (χ2v) is 8.08. The molecule has 0 saturated heterocycles. The van der Waals surface area contributed by atoms with E-state index in [1.54, 1.807) is 50.6 Å². The number of amides is 2. The summed E-state index contributed by atoms with van der Waals surface area (Å²) in [5.74, 6) is 0.751. The Labute approximate surface area is 194 Å². The topological polar surface area (TPSA) is 92.5 Å². The highest BCUT2D eigenvalue weighted by atomic mass is 35.5. The number of anilines is 1. The van der Waals surface area contributed by atoms with Gasteiger partial charge >= 0.3 is 0 Å². The quantitative estimate of drug-likeness (QED) is 0.390. The zero-order valence-electron chi connectivity index (χ0n) is 17.9. The third-order valence-electron chi connectivity index (χ3n) is 5.69. The number of methoxy groups -OCH3 is 2. The Morgan fingerprint density at radius 1 is 1.00 bits per heavy atom. The van der Waals surface area contributed by atoms with Crippen molar-refractivity contribution in [3.63, 3.8) is 0 Å². The molecule has 8 heteroatoms. The first-order valence-corrected chi connectivity index (χ1v) is 10.6. The van der Waals surface area contributed by atoms with Gasteiger partial charge in [0.05, 0.1) is 19.8 Å². The molecule has 3 aromatic carbocycles. The molecule has 0 aliphatic carbocycles. The zero-order valence-corrected chi connectivity index (χ0v) is 18.7. The predicted molar refractivity (Wildman–Crippen MR) is 127 cm³/mol. The highest BCUT2D eigenvalue weighted by Crippen LogP contribution is 2.35. The molecule has 0 spiro atoms. The van der Waals surface area contributed by atoms with Crippen LogP contribution >= 0.6 is 11.6 Å². The molecular weight excluding hydrogens is 442 g/mol. The molecular formula is C25H20ClN3O4. The van der Waals surface area contributed by atoms with Gasteiger partial charge < -0.3 is 25.1 Å². The Hall–Kier alpha value is -3.97. The van der Waals surface area contributed by atoms with E-state index in [4.69, 9.17) is 21.1 Å². The van der Waals surface area contributed by atoms with Crippen molar-refractivity contribution >= 4 is 40.0 Å². The van der Waals surface area contributed by atoms with Gasteiger partial charge in [-0.2, -0.15) is 0 Å². The Bertz CT molecular complexity index is 1400. The summed E-state index contributed by atoms with van der Waals surface area (Å²) in [7, 11) is 3.11. The van der Waals surface area contributed by atoms with E-state index in [-0.39, 0.29) is 11.8 Å². The molecule has 0 bridgehead atoms. The number of hydrogen-bond acceptors (Lipinski definition) is 4. The summed E-state index contributed by atoms with van der Waals surface area (Å²) >= 11 is 6.27. The van der Waals surface area contributed by atoms with Crippen LogP contribution in [0.3, 0.4) is 0 Å². The Morgan fingerprint density at radius 2 is 1.76 bits per heavy atom. The number of ether oxygens (including phenoxy) is 2. The molecule has 166 valence electrons. The monoisotopic (exact) mass is 461 g/mol. The van der Waals surface area contributed by atoms with Gasteiger partial charge in [0, 0.05) is 68.7 Å². The van der Waals surface area contributed by atoms with Crippen LogP contribution in [0.2, 0.25) is 5.02 Å². The summed E-state index contributed by atoms with van der Waals surface area (Å²) in [4.78, 5) is 28.6. The fourth-order valence-electron chi connectivity index (χ4n) is 4.04. The van der Waals surface area contributed by atoms with Crippen LogP contribution in [-0.2, 0) is 6.54 Å². The van der Waals surface area contributed by atoms with Crippen molar-refractivity contribution in [2.75, 3.05) is 19.5 Å². The molecule has 0 radical (unpaired) electrons. The Kier molecular flexibility index (Phi) is 5.18. The van der Waals surface area contributed by atoms with Crippen molar-refractivity contribution in [1.29, 1.82) is 0 Å². The van der Waals surface area contributed by atoms with E-state index in [2.05, 4.69) is 15.6 Å². The van der Waals surface area contributed by atoms with Crippen LogP contribution in [0, 0.1) is 0 Å². The van der Waals surface area contributed by atoms with Crippen LogP contribution in [0.5, 0.6) is 11.5 Å². The number of H-pyrrole nitrogens is 1. The maximum atomic E-state index is 12.9. The van der Waals surface area contributed by atoms with Crippen LogP contribution in [0.1, 0.15) is 26.3 Å². The summed E-state index contributed by atoms with van der Waals surface area (Å²) < 4.78 is 10.5. The van der Waals surface area contributed by atoms with Crippen LogP contribution in [0.15, 0.2) is 54.6 Å². The van der Waals surface area contributed by atoms with Crippen LogP contribution in [0.4, 0.5) is 5.69 Å². The lowest BCUT2D eigenvalue weighted by molar-refractivity contribution is 0.0965. The SMILES string of the molecule is COc1cc(NC(=O)c2ccc3[nH]c(-c4ccc(Cl)c5c4C(=O)NC5)cc3c2)cc(OC)c1. The summed E-state index contributed by atoms with van der Waals surface area (Å²) in [6.07, 6.45) is 0. The van der Waals surface area contributed by atoms with E-state index in [1.165, 1.54) is 0 Å². The van der Waals surface area contributed by atoms with Gasteiger partial charge in [0.2, 0.25) is 0 Å². The molecule has 5 rings (SSSR count). The normalized spacial score (nSPS) is 12.4. The molecule has 1 aromatic heterocycles. The average molecular weight is 462 g/mol. The van der Waals surface area contributed by atoms with Crippen LogP contribution < -0.4 is 20.1 Å². The van der Waals surface area contributed by atoms with Gasteiger partial charge in [0.1, 0.15) is 11.5 Å². The van der Waals surface area contributed by atoms with Crippen molar-refractivity contribution in [1.82, 2.24) is 10.3 Å². The largest absolute Gasteiger partial charge is 0.497 e. The first-order valence-electron chi connectivity index (χ1n) is 10.2. The summed E-state index contributed by atoms with van der Waals surface area (Å²) in [5.41, 5.74) is 4.85. The lowest BCUT2D eigenvalue weighted by atomic mass is 10.0. The van der Waals surface area contributed by atoms with Crippen LogP contribution in [0.25, 0.3) is 22.2 Å². The van der Waals surface area contributed by atoms with Gasteiger partial charge in [0.25, 0.3) is 11.8 Å². The number of hydrogen-bond donors (Lipinski definition) is 3. The molecule has 0 unspecified atom stereocenters. The van der Waals surface area contributed by atoms with Crippen molar-refractivity contribution in [2.24, 2.45) is 0 Å². The molecule has 2 amide bonds. The van der Waals surface area contributed by atoms with E-state index in [0.717, 1.165) is 27.7 Å². The molecule has 7 nitrogen and oxygen atoms in total. The number of benzene rings is 3. The van der Waals surface area contributed by atoms with Gasteiger partial charge in [0.15, 0.2) is 0 Å². The Balaban J connectivity index is 1.47. The van der Waals surface area contributed by atoms with Gasteiger partial charge in [-0.25, -0.2) is 0 Å². The molecule has 0 atom stereocenters. The molecule has 4 aromatic rings. The molecule has 0 fully saturated rings. The first kappa shape index (κ1) is 20.9. The minimum atomic E-state index is -0.262. The van der Waals surface area contributed by atoms with E-state index in [1.807, 2.05) is 18.2 Å². The Morgan fingerprint density at radius 3 is 2.48 bits per heavy atom.